The Morgan fingerprint density at radius 3 is 2.89 bits per heavy atom. The van der Waals surface area contributed by atoms with Crippen LogP contribution in [0.2, 0.25) is 0 Å². The summed E-state index contributed by atoms with van der Waals surface area (Å²) in [5.74, 6) is -0.0784. The topological polar surface area (TPSA) is 44.9 Å². The SMILES string of the molecule is CC(C)(CNC(=O)c1cc(Br)c[nH]1)c1cccs1. The number of carbonyl (C=O) groups excluding carboxylic acids is 1. The van der Waals surface area contributed by atoms with E-state index in [0.717, 1.165) is 4.47 Å². The molecule has 0 saturated carbocycles. The zero-order chi connectivity index (χ0) is 13.2. The number of carbonyl (C=O) groups is 1. The Morgan fingerprint density at radius 2 is 2.33 bits per heavy atom. The van der Waals surface area contributed by atoms with Gasteiger partial charge in [0.2, 0.25) is 0 Å². The number of thiophene rings is 1. The number of hydrogen-bond donors (Lipinski definition) is 2. The molecule has 0 aromatic carbocycles. The molecular formula is C13H15BrN2OS. The van der Waals surface area contributed by atoms with Crippen LogP contribution in [0.1, 0.15) is 29.2 Å². The van der Waals surface area contributed by atoms with E-state index >= 15 is 0 Å². The van der Waals surface area contributed by atoms with Crippen molar-refractivity contribution in [2.75, 3.05) is 6.54 Å². The fourth-order valence-corrected chi connectivity index (χ4v) is 2.84. The summed E-state index contributed by atoms with van der Waals surface area (Å²) in [4.78, 5) is 16.1. The van der Waals surface area contributed by atoms with E-state index in [0.29, 0.717) is 12.2 Å². The van der Waals surface area contributed by atoms with Gasteiger partial charge in [-0.2, -0.15) is 0 Å². The van der Waals surface area contributed by atoms with Crippen LogP contribution in [0, 0.1) is 0 Å². The Kier molecular flexibility index (Phi) is 3.92. The van der Waals surface area contributed by atoms with Crippen molar-refractivity contribution < 1.29 is 4.79 Å². The summed E-state index contributed by atoms with van der Waals surface area (Å²) >= 11 is 5.03. The Bertz CT molecular complexity index is 531. The van der Waals surface area contributed by atoms with Gasteiger partial charge in [-0.3, -0.25) is 4.79 Å². The molecule has 0 aliphatic heterocycles. The summed E-state index contributed by atoms with van der Waals surface area (Å²) < 4.78 is 0.880. The van der Waals surface area contributed by atoms with Crippen molar-refractivity contribution in [1.29, 1.82) is 0 Å². The zero-order valence-electron chi connectivity index (χ0n) is 10.3. The van der Waals surface area contributed by atoms with Gasteiger partial charge in [0, 0.05) is 27.5 Å². The fraction of sp³-hybridized carbons (Fsp3) is 0.308. The van der Waals surface area contributed by atoms with Gasteiger partial charge < -0.3 is 10.3 Å². The number of hydrogen-bond acceptors (Lipinski definition) is 2. The molecule has 0 fully saturated rings. The van der Waals surface area contributed by atoms with Crippen molar-refractivity contribution in [3.05, 3.63) is 44.8 Å². The molecular weight excluding hydrogens is 312 g/mol. The maximum absolute atomic E-state index is 11.9. The Morgan fingerprint density at radius 1 is 1.56 bits per heavy atom. The standard InChI is InChI=1S/C13H15BrN2OS/c1-13(2,11-4-3-5-18-11)8-16-12(17)10-6-9(14)7-15-10/h3-7,15H,8H2,1-2H3,(H,16,17). The van der Waals surface area contributed by atoms with E-state index in [1.165, 1.54) is 4.88 Å². The normalized spacial score (nSPS) is 11.5. The highest BCUT2D eigenvalue weighted by Crippen LogP contribution is 2.26. The molecule has 0 aliphatic carbocycles. The lowest BCUT2D eigenvalue weighted by molar-refractivity contribution is 0.0941. The summed E-state index contributed by atoms with van der Waals surface area (Å²) in [6, 6.07) is 5.90. The molecule has 0 spiro atoms. The predicted molar refractivity (Wildman–Crippen MR) is 78.2 cm³/mol. The first kappa shape index (κ1) is 13.4. The second kappa shape index (κ2) is 5.28. The van der Waals surface area contributed by atoms with Crippen molar-refractivity contribution in [3.8, 4) is 0 Å². The van der Waals surface area contributed by atoms with E-state index in [1.54, 1.807) is 23.6 Å². The van der Waals surface area contributed by atoms with Gasteiger partial charge in [0.15, 0.2) is 0 Å². The van der Waals surface area contributed by atoms with Crippen LogP contribution in [0.3, 0.4) is 0 Å². The summed E-state index contributed by atoms with van der Waals surface area (Å²) in [7, 11) is 0. The van der Waals surface area contributed by atoms with Crippen LogP contribution in [0.4, 0.5) is 0 Å². The molecule has 2 aromatic heterocycles. The minimum atomic E-state index is -0.0784. The zero-order valence-corrected chi connectivity index (χ0v) is 12.7. The van der Waals surface area contributed by atoms with Gasteiger partial charge >= 0.3 is 0 Å². The smallest absolute Gasteiger partial charge is 0.267 e. The molecule has 0 aliphatic rings. The van der Waals surface area contributed by atoms with Gasteiger partial charge in [0.25, 0.3) is 5.91 Å². The number of aromatic amines is 1. The monoisotopic (exact) mass is 326 g/mol. The number of H-pyrrole nitrogens is 1. The average Bonchev–Trinajstić information content (AvgIpc) is 2.96. The summed E-state index contributed by atoms with van der Waals surface area (Å²) in [6.07, 6.45) is 1.75. The molecule has 0 atom stereocenters. The highest BCUT2D eigenvalue weighted by atomic mass is 79.9. The van der Waals surface area contributed by atoms with Gasteiger partial charge in [-0.25, -0.2) is 0 Å². The molecule has 2 N–H and O–H groups in total. The first-order valence-corrected chi connectivity index (χ1v) is 7.32. The van der Waals surface area contributed by atoms with Crippen LogP contribution in [-0.4, -0.2) is 17.4 Å². The van der Waals surface area contributed by atoms with Crippen LogP contribution in [0.15, 0.2) is 34.2 Å². The minimum absolute atomic E-state index is 0.0480. The van der Waals surface area contributed by atoms with E-state index in [1.807, 2.05) is 6.07 Å². The molecule has 3 nitrogen and oxygen atoms in total. The van der Waals surface area contributed by atoms with Gasteiger partial charge in [-0.05, 0) is 33.4 Å². The molecule has 18 heavy (non-hydrogen) atoms. The Labute approximate surface area is 119 Å². The van der Waals surface area contributed by atoms with Gasteiger partial charge in [0.05, 0.1) is 0 Å². The Balaban J connectivity index is 1.98. The molecule has 2 aromatic rings. The maximum atomic E-state index is 11.9. The lowest BCUT2D eigenvalue weighted by atomic mass is 9.91. The van der Waals surface area contributed by atoms with E-state index in [-0.39, 0.29) is 11.3 Å². The average molecular weight is 327 g/mol. The van der Waals surface area contributed by atoms with Crippen molar-refractivity contribution in [3.63, 3.8) is 0 Å². The molecule has 0 bridgehead atoms. The molecule has 2 heterocycles. The third-order valence-corrected chi connectivity index (χ3v) is 4.47. The van der Waals surface area contributed by atoms with E-state index in [9.17, 15) is 4.79 Å². The van der Waals surface area contributed by atoms with Crippen molar-refractivity contribution >= 4 is 33.2 Å². The van der Waals surface area contributed by atoms with Crippen LogP contribution in [-0.2, 0) is 5.41 Å². The molecule has 0 unspecified atom stereocenters. The van der Waals surface area contributed by atoms with Gasteiger partial charge in [0.1, 0.15) is 5.69 Å². The highest BCUT2D eigenvalue weighted by Gasteiger charge is 2.22. The molecule has 5 heteroatoms. The van der Waals surface area contributed by atoms with Crippen molar-refractivity contribution in [1.82, 2.24) is 10.3 Å². The molecule has 1 amide bonds. The largest absolute Gasteiger partial charge is 0.356 e. The first-order valence-electron chi connectivity index (χ1n) is 5.65. The van der Waals surface area contributed by atoms with Crippen LogP contribution in [0.25, 0.3) is 0 Å². The first-order chi connectivity index (χ1) is 8.49. The number of halogens is 1. The summed E-state index contributed by atoms with van der Waals surface area (Å²) in [5, 5.41) is 5.01. The summed E-state index contributed by atoms with van der Waals surface area (Å²) in [5.41, 5.74) is 0.525. The molecule has 2 rings (SSSR count). The highest BCUT2D eigenvalue weighted by molar-refractivity contribution is 9.10. The van der Waals surface area contributed by atoms with Crippen molar-refractivity contribution in [2.24, 2.45) is 0 Å². The number of aromatic nitrogens is 1. The number of nitrogens with one attached hydrogen (secondary N) is 2. The lowest BCUT2D eigenvalue weighted by Gasteiger charge is -2.23. The van der Waals surface area contributed by atoms with E-state index in [2.05, 4.69) is 51.5 Å². The maximum Gasteiger partial charge on any atom is 0.267 e. The van der Waals surface area contributed by atoms with E-state index < -0.39 is 0 Å². The van der Waals surface area contributed by atoms with Gasteiger partial charge in [-0.15, -0.1) is 11.3 Å². The second-order valence-corrected chi connectivity index (χ2v) is 6.64. The van der Waals surface area contributed by atoms with Crippen LogP contribution < -0.4 is 5.32 Å². The van der Waals surface area contributed by atoms with E-state index in [4.69, 9.17) is 0 Å². The third-order valence-electron chi connectivity index (χ3n) is 2.77. The fourth-order valence-electron chi connectivity index (χ4n) is 1.65. The number of amides is 1. The van der Waals surface area contributed by atoms with Gasteiger partial charge in [-0.1, -0.05) is 19.9 Å². The quantitative estimate of drug-likeness (QED) is 0.886. The molecule has 0 radical (unpaired) electrons. The third kappa shape index (κ3) is 3.03. The molecule has 0 saturated heterocycles. The minimum Gasteiger partial charge on any atom is -0.356 e. The molecule has 96 valence electrons. The number of rotatable bonds is 4. The second-order valence-electron chi connectivity index (χ2n) is 4.78. The van der Waals surface area contributed by atoms with Crippen LogP contribution >= 0.6 is 27.3 Å². The summed E-state index contributed by atoms with van der Waals surface area (Å²) in [6.45, 7) is 4.87. The van der Waals surface area contributed by atoms with Crippen molar-refractivity contribution in [2.45, 2.75) is 19.3 Å². The van der Waals surface area contributed by atoms with Crippen LogP contribution in [0.5, 0.6) is 0 Å². The predicted octanol–water partition coefficient (Wildman–Crippen LogP) is 3.55. The Hall–Kier alpha value is -1.07. The lowest BCUT2D eigenvalue weighted by Crippen LogP contribution is -2.36.